The Labute approximate surface area is 259 Å². The number of carbonyl (C=O) groups excluding carboxylic acids is 1. The van der Waals surface area contributed by atoms with E-state index in [2.05, 4.69) is 47.6 Å². The second-order valence-electron chi connectivity index (χ2n) is 14.1. The van der Waals surface area contributed by atoms with Crippen LogP contribution in [0.25, 0.3) is 0 Å². The normalized spacial score (nSPS) is 13.6. The van der Waals surface area contributed by atoms with Gasteiger partial charge in [-0.3, -0.25) is 4.79 Å². The van der Waals surface area contributed by atoms with Crippen LogP contribution < -0.4 is 0 Å². The predicted molar refractivity (Wildman–Crippen MR) is 184 cm³/mol. The molecule has 0 saturated heterocycles. The molecule has 244 valence electrons. The Hall–Kier alpha value is -0.790. The molecule has 0 N–H and O–H groups in total. The molecule has 2 atom stereocenters. The molecule has 0 saturated carbocycles. The van der Waals surface area contributed by atoms with Gasteiger partial charge in [0.05, 0.1) is 0 Å². The third kappa shape index (κ3) is 32.0. The molecule has 0 bridgehead atoms. The minimum absolute atomic E-state index is 0.0218. The number of esters is 1. The van der Waals surface area contributed by atoms with E-state index in [1.54, 1.807) is 0 Å². The van der Waals surface area contributed by atoms with Crippen LogP contribution in [0.5, 0.6) is 0 Å². The third-order valence-electron chi connectivity index (χ3n) is 9.05. The lowest BCUT2D eigenvalue weighted by Gasteiger charge is -2.15. The highest BCUT2D eigenvalue weighted by Gasteiger charge is 2.07. The van der Waals surface area contributed by atoms with Crippen LogP contribution in [-0.2, 0) is 9.53 Å². The van der Waals surface area contributed by atoms with Gasteiger partial charge in [0.2, 0.25) is 0 Å². The van der Waals surface area contributed by atoms with Crippen LogP contribution in [0.4, 0.5) is 0 Å². The summed E-state index contributed by atoms with van der Waals surface area (Å²) in [5, 5.41) is 0. The Kier molecular flexibility index (Phi) is 30.1. The SMILES string of the molecule is CCCCCCCCCCCCCCCCCCC(=O)OCC=C(C)CCCC(C)CCCC(C)CCCC(C)C. The Morgan fingerprint density at radius 3 is 1.41 bits per heavy atom. The second kappa shape index (κ2) is 30.7. The molecule has 2 nitrogen and oxygen atoms in total. The number of allylic oxidation sites excluding steroid dienone is 1. The number of ether oxygens (including phenoxy) is 1. The molecular weight excluding hydrogens is 500 g/mol. The van der Waals surface area contributed by atoms with Gasteiger partial charge in [-0.2, -0.15) is 0 Å². The molecule has 0 aliphatic carbocycles. The molecule has 2 unspecified atom stereocenters. The van der Waals surface area contributed by atoms with Gasteiger partial charge >= 0.3 is 5.97 Å². The zero-order valence-corrected chi connectivity index (χ0v) is 29.2. The smallest absolute Gasteiger partial charge is 0.306 e. The van der Waals surface area contributed by atoms with Crippen LogP contribution >= 0.6 is 0 Å². The molecule has 0 rings (SSSR count). The number of hydrogen-bond acceptors (Lipinski definition) is 2. The molecule has 0 heterocycles. The summed E-state index contributed by atoms with van der Waals surface area (Å²) in [7, 11) is 0. The Morgan fingerprint density at radius 2 is 0.951 bits per heavy atom. The van der Waals surface area contributed by atoms with Crippen LogP contribution in [0.3, 0.4) is 0 Å². The molecule has 0 aliphatic rings. The maximum absolute atomic E-state index is 12.1. The lowest BCUT2D eigenvalue weighted by atomic mass is 9.91. The number of rotatable bonds is 31. The van der Waals surface area contributed by atoms with Gasteiger partial charge in [0.25, 0.3) is 0 Å². The van der Waals surface area contributed by atoms with Gasteiger partial charge in [0.1, 0.15) is 6.61 Å². The van der Waals surface area contributed by atoms with Gasteiger partial charge < -0.3 is 4.74 Å². The first-order valence-electron chi connectivity index (χ1n) is 18.7. The van der Waals surface area contributed by atoms with Crippen molar-refractivity contribution in [2.75, 3.05) is 6.61 Å². The lowest BCUT2D eigenvalue weighted by molar-refractivity contribution is -0.142. The summed E-state index contributed by atoms with van der Waals surface area (Å²) < 4.78 is 5.47. The van der Waals surface area contributed by atoms with E-state index in [4.69, 9.17) is 4.74 Å². The highest BCUT2D eigenvalue weighted by molar-refractivity contribution is 5.69. The van der Waals surface area contributed by atoms with Crippen molar-refractivity contribution in [3.8, 4) is 0 Å². The quantitative estimate of drug-likeness (QED) is 0.0466. The first-order chi connectivity index (χ1) is 19.8. The van der Waals surface area contributed by atoms with E-state index >= 15 is 0 Å². The van der Waals surface area contributed by atoms with E-state index in [1.165, 1.54) is 147 Å². The summed E-state index contributed by atoms with van der Waals surface area (Å²) in [5.74, 6) is 2.54. The van der Waals surface area contributed by atoms with Crippen molar-refractivity contribution in [2.24, 2.45) is 17.8 Å². The number of unbranched alkanes of at least 4 members (excludes halogenated alkanes) is 15. The largest absolute Gasteiger partial charge is 0.461 e. The molecule has 0 aromatic rings. The van der Waals surface area contributed by atoms with Crippen molar-refractivity contribution < 1.29 is 9.53 Å². The Balaban J connectivity index is 3.51. The van der Waals surface area contributed by atoms with Gasteiger partial charge in [-0.15, -0.1) is 0 Å². The fourth-order valence-electron chi connectivity index (χ4n) is 5.98. The van der Waals surface area contributed by atoms with Crippen LogP contribution in [0.15, 0.2) is 11.6 Å². The molecule has 0 amide bonds. The average Bonchev–Trinajstić information content (AvgIpc) is 2.92. The summed E-state index contributed by atoms with van der Waals surface area (Å²) in [5.41, 5.74) is 1.37. The van der Waals surface area contributed by atoms with Gasteiger partial charge in [0.15, 0.2) is 0 Å². The zero-order valence-electron chi connectivity index (χ0n) is 29.2. The van der Waals surface area contributed by atoms with Crippen molar-refractivity contribution in [3.05, 3.63) is 11.6 Å². The molecule has 0 aromatic carbocycles. The third-order valence-corrected chi connectivity index (χ3v) is 9.05. The van der Waals surface area contributed by atoms with Gasteiger partial charge in [-0.25, -0.2) is 0 Å². The number of carbonyl (C=O) groups is 1. The fourth-order valence-corrected chi connectivity index (χ4v) is 5.98. The van der Waals surface area contributed by atoms with E-state index in [0.29, 0.717) is 13.0 Å². The van der Waals surface area contributed by atoms with Gasteiger partial charge in [-0.1, -0.05) is 181 Å². The van der Waals surface area contributed by atoms with Crippen molar-refractivity contribution >= 4 is 5.97 Å². The molecule has 0 aliphatic heterocycles. The Bertz CT molecular complexity index is 578. The number of hydrogen-bond donors (Lipinski definition) is 0. The van der Waals surface area contributed by atoms with Crippen LogP contribution in [-0.4, -0.2) is 12.6 Å². The molecular formula is C39H76O2. The molecule has 41 heavy (non-hydrogen) atoms. The molecule has 0 fully saturated rings. The first-order valence-corrected chi connectivity index (χ1v) is 18.7. The highest BCUT2D eigenvalue weighted by atomic mass is 16.5. The van der Waals surface area contributed by atoms with Crippen LogP contribution in [0.1, 0.15) is 208 Å². The summed E-state index contributed by atoms with van der Waals surface area (Å²) in [6.07, 6.45) is 36.5. The summed E-state index contributed by atoms with van der Waals surface area (Å²) in [4.78, 5) is 12.1. The van der Waals surface area contributed by atoms with E-state index in [1.807, 2.05) is 0 Å². The van der Waals surface area contributed by atoms with Crippen molar-refractivity contribution in [2.45, 2.75) is 208 Å². The predicted octanol–water partition coefficient (Wildman–Crippen LogP) is 13.6. The molecule has 0 radical (unpaired) electrons. The maximum atomic E-state index is 12.1. The Morgan fingerprint density at radius 1 is 0.537 bits per heavy atom. The monoisotopic (exact) mass is 577 g/mol. The van der Waals surface area contributed by atoms with Crippen LogP contribution in [0.2, 0.25) is 0 Å². The van der Waals surface area contributed by atoms with E-state index < -0.39 is 0 Å². The van der Waals surface area contributed by atoms with Crippen molar-refractivity contribution in [1.82, 2.24) is 0 Å². The van der Waals surface area contributed by atoms with Gasteiger partial charge in [0, 0.05) is 6.42 Å². The molecule has 0 spiro atoms. The minimum Gasteiger partial charge on any atom is -0.461 e. The molecule has 2 heteroatoms. The average molecular weight is 577 g/mol. The lowest BCUT2D eigenvalue weighted by Crippen LogP contribution is -2.04. The first kappa shape index (κ1) is 40.2. The highest BCUT2D eigenvalue weighted by Crippen LogP contribution is 2.22. The topological polar surface area (TPSA) is 26.3 Å². The summed E-state index contributed by atoms with van der Waals surface area (Å²) in [6.45, 7) is 14.5. The maximum Gasteiger partial charge on any atom is 0.306 e. The molecule has 0 aromatic heterocycles. The summed E-state index contributed by atoms with van der Waals surface area (Å²) in [6, 6.07) is 0. The van der Waals surface area contributed by atoms with E-state index in [-0.39, 0.29) is 5.97 Å². The second-order valence-corrected chi connectivity index (χ2v) is 14.1. The van der Waals surface area contributed by atoms with Gasteiger partial charge in [-0.05, 0) is 50.0 Å². The minimum atomic E-state index is -0.0218. The zero-order chi connectivity index (χ0) is 30.4. The van der Waals surface area contributed by atoms with E-state index in [0.717, 1.165) is 37.0 Å². The van der Waals surface area contributed by atoms with E-state index in [9.17, 15) is 4.79 Å². The standard InChI is InChI=1S/C39H76O2/c1-7-8-9-10-11-12-13-14-15-16-17-18-19-20-21-22-32-39(40)41-34-33-38(6)31-25-30-37(5)29-24-28-36(4)27-23-26-35(2)3/h33,35-37H,7-32,34H2,1-6H3. The van der Waals surface area contributed by atoms with Crippen LogP contribution in [0, 0.1) is 17.8 Å². The van der Waals surface area contributed by atoms with Crippen molar-refractivity contribution in [1.29, 1.82) is 0 Å². The summed E-state index contributed by atoms with van der Waals surface area (Å²) >= 11 is 0. The fraction of sp³-hybridized carbons (Fsp3) is 0.923. The van der Waals surface area contributed by atoms with Crippen molar-refractivity contribution in [3.63, 3.8) is 0 Å².